The lowest BCUT2D eigenvalue weighted by molar-refractivity contribution is 0.261. The van der Waals surface area contributed by atoms with Crippen LogP contribution in [0.3, 0.4) is 0 Å². The average molecular weight is 304 g/mol. The van der Waals surface area contributed by atoms with Gasteiger partial charge < -0.3 is 20.3 Å². The minimum atomic E-state index is 0.703. The Morgan fingerprint density at radius 1 is 1.32 bits per heavy atom. The summed E-state index contributed by atoms with van der Waals surface area (Å²) in [5.41, 5.74) is 1.19. The summed E-state index contributed by atoms with van der Waals surface area (Å²) in [6.45, 7) is 3.39. The smallest absolute Gasteiger partial charge is 0.191 e. The summed E-state index contributed by atoms with van der Waals surface area (Å²) in [4.78, 5) is 6.36. The Balaban J connectivity index is 1.76. The molecule has 0 spiro atoms. The van der Waals surface area contributed by atoms with Crippen LogP contribution in [-0.4, -0.2) is 51.7 Å². The number of likely N-dealkylation sites (N-methyl/N-ethyl adjacent to an activating group) is 1. The molecule has 1 fully saturated rings. The van der Waals surface area contributed by atoms with E-state index in [9.17, 15) is 0 Å². The van der Waals surface area contributed by atoms with Crippen molar-refractivity contribution in [2.75, 3.05) is 40.8 Å². The van der Waals surface area contributed by atoms with Crippen LogP contribution in [0.1, 0.15) is 18.4 Å². The molecular weight excluding hydrogens is 276 g/mol. The maximum atomic E-state index is 5.76. The third kappa shape index (κ3) is 6.35. The van der Waals surface area contributed by atoms with Crippen molar-refractivity contribution >= 4 is 5.96 Å². The molecule has 1 aliphatic rings. The summed E-state index contributed by atoms with van der Waals surface area (Å²) in [6, 6.07) is 8.21. The number of ether oxygens (including phenoxy) is 1. The van der Waals surface area contributed by atoms with Crippen LogP contribution in [0.25, 0.3) is 0 Å². The minimum absolute atomic E-state index is 0.703. The van der Waals surface area contributed by atoms with Crippen LogP contribution in [0.2, 0.25) is 0 Å². The molecule has 5 heteroatoms. The Hall–Kier alpha value is -1.75. The fraction of sp³-hybridized carbons (Fsp3) is 0.588. The Bertz CT molecular complexity index is 483. The molecule has 1 saturated carbocycles. The molecule has 2 N–H and O–H groups in total. The lowest BCUT2D eigenvalue weighted by Gasteiger charge is -2.13. The lowest BCUT2D eigenvalue weighted by atomic mass is 10.2. The van der Waals surface area contributed by atoms with Gasteiger partial charge in [-0.1, -0.05) is 12.1 Å². The molecule has 0 aromatic heterocycles. The van der Waals surface area contributed by atoms with E-state index in [1.807, 2.05) is 33.3 Å². The number of hydrogen-bond acceptors (Lipinski definition) is 3. The second kappa shape index (κ2) is 8.63. The van der Waals surface area contributed by atoms with Gasteiger partial charge in [-0.3, -0.25) is 4.99 Å². The van der Waals surface area contributed by atoms with Crippen molar-refractivity contribution in [1.82, 2.24) is 15.5 Å². The molecule has 1 aromatic rings. The Labute approximate surface area is 133 Å². The van der Waals surface area contributed by atoms with Gasteiger partial charge in [0, 0.05) is 26.7 Å². The number of guanidine groups is 1. The van der Waals surface area contributed by atoms with E-state index in [2.05, 4.69) is 32.7 Å². The van der Waals surface area contributed by atoms with Crippen molar-refractivity contribution in [3.8, 4) is 5.75 Å². The summed E-state index contributed by atoms with van der Waals surface area (Å²) >= 11 is 0. The van der Waals surface area contributed by atoms with Crippen LogP contribution < -0.4 is 15.4 Å². The zero-order chi connectivity index (χ0) is 15.8. The second-order valence-electron chi connectivity index (χ2n) is 6.05. The van der Waals surface area contributed by atoms with Gasteiger partial charge in [0.1, 0.15) is 12.4 Å². The van der Waals surface area contributed by atoms with Crippen molar-refractivity contribution in [1.29, 1.82) is 0 Å². The third-order valence-electron chi connectivity index (χ3n) is 3.64. The predicted molar refractivity (Wildman–Crippen MR) is 91.4 cm³/mol. The molecule has 0 saturated heterocycles. The highest BCUT2D eigenvalue weighted by atomic mass is 16.5. The molecule has 1 aromatic carbocycles. The molecule has 0 aliphatic heterocycles. The summed E-state index contributed by atoms with van der Waals surface area (Å²) in [5, 5.41) is 6.71. The van der Waals surface area contributed by atoms with Crippen LogP contribution in [0, 0.1) is 5.92 Å². The van der Waals surface area contributed by atoms with E-state index in [-0.39, 0.29) is 0 Å². The molecule has 0 bridgehead atoms. The number of benzene rings is 1. The number of nitrogens with one attached hydrogen (secondary N) is 2. The van der Waals surface area contributed by atoms with Gasteiger partial charge in [0.05, 0.1) is 0 Å². The van der Waals surface area contributed by atoms with Crippen LogP contribution >= 0.6 is 0 Å². The Morgan fingerprint density at radius 2 is 2.14 bits per heavy atom. The van der Waals surface area contributed by atoms with E-state index in [1.165, 1.54) is 18.4 Å². The number of aliphatic imine (C=N–C) groups is 1. The molecule has 22 heavy (non-hydrogen) atoms. The maximum absolute atomic E-state index is 5.76. The van der Waals surface area contributed by atoms with Crippen molar-refractivity contribution in [3.05, 3.63) is 29.8 Å². The van der Waals surface area contributed by atoms with E-state index >= 15 is 0 Å². The third-order valence-corrected chi connectivity index (χ3v) is 3.64. The summed E-state index contributed by atoms with van der Waals surface area (Å²) in [5.74, 6) is 2.62. The average Bonchev–Trinajstić information content (AvgIpc) is 3.32. The van der Waals surface area contributed by atoms with Gasteiger partial charge in [-0.2, -0.15) is 0 Å². The highest BCUT2D eigenvalue weighted by Gasteiger charge is 2.20. The van der Waals surface area contributed by atoms with E-state index in [0.29, 0.717) is 6.61 Å². The number of nitrogens with zero attached hydrogens (tertiary/aromatic N) is 2. The molecule has 1 aliphatic carbocycles. The van der Waals surface area contributed by atoms with Crippen molar-refractivity contribution in [3.63, 3.8) is 0 Å². The zero-order valence-corrected chi connectivity index (χ0v) is 13.9. The standard InChI is InChI=1S/C17H28N4O/c1-18-17(19-12-14-7-8-14)20-13-15-5-4-6-16(11-15)22-10-9-21(2)3/h4-6,11,14H,7-10,12-13H2,1-3H3,(H2,18,19,20). The first kappa shape index (κ1) is 16.6. The highest BCUT2D eigenvalue weighted by molar-refractivity contribution is 5.79. The van der Waals surface area contributed by atoms with Gasteiger partial charge in [0.15, 0.2) is 5.96 Å². The van der Waals surface area contributed by atoms with Crippen LogP contribution in [0.4, 0.5) is 0 Å². The number of rotatable bonds is 8. The predicted octanol–water partition coefficient (Wildman–Crippen LogP) is 1.70. The van der Waals surface area contributed by atoms with Gasteiger partial charge >= 0.3 is 0 Å². The molecule has 2 rings (SSSR count). The summed E-state index contributed by atoms with van der Waals surface area (Å²) in [7, 11) is 5.90. The molecule has 0 unspecified atom stereocenters. The largest absolute Gasteiger partial charge is 0.492 e. The minimum Gasteiger partial charge on any atom is -0.492 e. The van der Waals surface area contributed by atoms with Crippen LogP contribution in [-0.2, 0) is 6.54 Å². The van der Waals surface area contributed by atoms with Gasteiger partial charge in [0.25, 0.3) is 0 Å². The SMILES string of the molecule is CN=C(NCc1cccc(OCCN(C)C)c1)NCC1CC1. The molecule has 5 nitrogen and oxygen atoms in total. The Morgan fingerprint density at radius 3 is 2.82 bits per heavy atom. The second-order valence-corrected chi connectivity index (χ2v) is 6.05. The quantitative estimate of drug-likeness (QED) is 0.567. The molecule has 0 atom stereocenters. The molecule has 122 valence electrons. The van der Waals surface area contributed by atoms with Gasteiger partial charge in [-0.05, 0) is 50.6 Å². The van der Waals surface area contributed by atoms with E-state index < -0.39 is 0 Å². The molecular formula is C17H28N4O. The van der Waals surface area contributed by atoms with Crippen LogP contribution in [0.15, 0.2) is 29.3 Å². The van der Waals surface area contributed by atoms with Gasteiger partial charge in [-0.25, -0.2) is 0 Å². The molecule has 0 radical (unpaired) electrons. The maximum Gasteiger partial charge on any atom is 0.191 e. The van der Waals surface area contributed by atoms with E-state index in [0.717, 1.165) is 37.3 Å². The number of hydrogen-bond donors (Lipinski definition) is 2. The monoisotopic (exact) mass is 304 g/mol. The first-order valence-electron chi connectivity index (χ1n) is 7.98. The topological polar surface area (TPSA) is 48.9 Å². The zero-order valence-electron chi connectivity index (χ0n) is 13.9. The van der Waals surface area contributed by atoms with E-state index in [1.54, 1.807) is 0 Å². The normalized spacial score (nSPS) is 15.0. The fourth-order valence-corrected chi connectivity index (χ4v) is 2.06. The fourth-order valence-electron chi connectivity index (χ4n) is 2.06. The highest BCUT2D eigenvalue weighted by Crippen LogP contribution is 2.27. The van der Waals surface area contributed by atoms with Gasteiger partial charge in [-0.15, -0.1) is 0 Å². The molecule has 0 heterocycles. The Kier molecular flexibility index (Phi) is 6.52. The van der Waals surface area contributed by atoms with Gasteiger partial charge in [0.2, 0.25) is 0 Å². The van der Waals surface area contributed by atoms with Crippen LogP contribution in [0.5, 0.6) is 5.75 Å². The molecule has 0 amide bonds. The van der Waals surface area contributed by atoms with Crippen molar-refractivity contribution in [2.24, 2.45) is 10.9 Å². The first-order valence-corrected chi connectivity index (χ1v) is 7.98. The lowest BCUT2D eigenvalue weighted by Crippen LogP contribution is -2.37. The van der Waals surface area contributed by atoms with E-state index in [4.69, 9.17) is 4.74 Å². The first-order chi connectivity index (χ1) is 10.7. The van der Waals surface area contributed by atoms with Crippen molar-refractivity contribution in [2.45, 2.75) is 19.4 Å². The van der Waals surface area contributed by atoms with Crippen molar-refractivity contribution < 1.29 is 4.74 Å². The summed E-state index contributed by atoms with van der Waals surface area (Å²) in [6.07, 6.45) is 2.69. The summed E-state index contributed by atoms with van der Waals surface area (Å²) < 4.78 is 5.76.